The number of carboxylic acids is 1. The molecule has 0 rings (SSSR count). The number of phosphoric ester groups is 1. The first kappa shape index (κ1) is 56.0. The van der Waals surface area contributed by atoms with Crippen LogP contribution >= 0.6 is 7.82 Å². The van der Waals surface area contributed by atoms with Crippen molar-refractivity contribution in [3.8, 4) is 0 Å². The second-order valence-corrected chi connectivity index (χ2v) is 17.5. The van der Waals surface area contributed by atoms with Gasteiger partial charge in [-0.2, -0.15) is 0 Å². The summed E-state index contributed by atoms with van der Waals surface area (Å²) >= 11 is 0. The minimum absolute atomic E-state index is 0.138. The van der Waals surface area contributed by atoms with Gasteiger partial charge in [0.25, 0.3) is 0 Å². The second-order valence-electron chi connectivity index (χ2n) is 16.0. The number of nitrogens with one attached hydrogen (secondary N) is 1. The SMILES string of the molecule is CCCCCCCCCCCCCCCCCC(=O)OC[C@H](COP(=O)(O)OCCNC(=O)CCC(=O)O)OC(=O)CCCCCCCCCCCCCCCCC. The number of hydrogen-bond donors (Lipinski definition) is 3. The molecule has 0 aromatic heterocycles. The van der Waals surface area contributed by atoms with Crippen LogP contribution < -0.4 is 5.32 Å². The van der Waals surface area contributed by atoms with E-state index in [4.69, 9.17) is 23.6 Å². The van der Waals surface area contributed by atoms with Gasteiger partial charge >= 0.3 is 25.7 Å². The van der Waals surface area contributed by atoms with Gasteiger partial charge in [-0.25, -0.2) is 4.57 Å². The highest BCUT2D eigenvalue weighted by molar-refractivity contribution is 7.47. The molecular weight excluding hydrogens is 761 g/mol. The first-order valence-corrected chi connectivity index (χ1v) is 25.0. The van der Waals surface area contributed by atoms with E-state index in [0.717, 1.165) is 38.5 Å². The molecule has 0 fully saturated rings. The quantitative estimate of drug-likeness (QED) is 0.0302. The van der Waals surface area contributed by atoms with Gasteiger partial charge in [0.2, 0.25) is 5.91 Å². The summed E-state index contributed by atoms with van der Waals surface area (Å²) in [6.45, 7) is 3.14. The molecule has 13 heteroatoms. The Morgan fingerprint density at radius 2 is 0.879 bits per heavy atom. The van der Waals surface area contributed by atoms with Crippen molar-refractivity contribution >= 4 is 31.6 Å². The normalized spacial score (nSPS) is 12.9. The van der Waals surface area contributed by atoms with E-state index in [0.29, 0.717) is 12.8 Å². The zero-order chi connectivity index (χ0) is 42.8. The molecule has 0 aliphatic rings. The smallest absolute Gasteiger partial charge is 0.472 e. The summed E-state index contributed by atoms with van der Waals surface area (Å²) in [7, 11) is -4.61. The van der Waals surface area contributed by atoms with Gasteiger partial charge in [0.15, 0.2) is 6.10 Å². The lowest BCUT2D eigenvalue weighted by molar-refractivity contribution is -0.161. The molecule has 0 heterocycles. The summed E-state index contributed by atoms with van der Waals surface area (Å²) in [5, 5.41) is 11.1. The molecule has 0 spiro atoms. The number of carbonyl (C=O) groups excluding carboxylic acids is 3. The molecule has 12 nitrogen and oxygen atoms in total. The van der Waals surface area contributed by atoms with Crippen molar-refractivity contribution in [1.29, 1.82) is 0 Å². The predicted octanol–water partition coefficient (Wildman–Crippen LogP) is 12.1. The largest absolute Gasteiger partial charge is 0.481 e. The Balaban J connectivity index is 4.44. The number of carboxylic acid groups (broad SMARTS) is 1. The maximum absolute atomic E-state index is 12.7. The van der Waals surface area contributed by atoms with Crippen LogP contribution in [0.1, 0.15) is 232 Å². The van der Waals surface area contributed by atoms with Gasteiger partial charge in [0.05, 0.1) is 19.6 Å². The number of esters is 2. The van der Waals surface area contributed by atoms with Crippen LogP contribution in [0, 0.1) is 0 Å². The molecule has 342 valence electrons. The fourth-order valence-electron chi connectivity index (χ4n) is 6.78. The summed E-state index contributed by atoms with van der Waals surface area (Å²) in [5.74, 6) is -2.58. The Hall–Kier alpha value is -2.01. The topological polar surface area (TPSA) is 175 Å². The van der Waals surface area contributed by atoms with Crippen LogP contribution in [-0.4, -0.2) is 66.3 Å². The average Bonchev–Trinajstić information content (AvgIpc) is 3.19. The predicted molar refractivity (Wildman–Crippen MR) is 232 cm³/mol. The van der Waals surface area contributed by atoms with E-state index >= 15 is 0 Å². The third kappa shape index (κ3) is 42.1. The van der Waals surface area contributed by atoms with E-state index in [1.165, 1.54) is 141 Å². The van der Waals surface area contributed by atoms with Crippen molar-refractivity contribution in [1.82, 2.24) is 5.32 Å². The Kier molecular flexibility index (Phi) is 40.3. The lowest BCUT2D eigenvalue weighted by Crippen LogP contribution is -2.30. The van der Waals surface area contributed by atoms with E-state index < -0.39 is 44.3 Å². The van der Waals surface area contributed by atoms with Crippen LogP contribution in [0.5, 0.6) is 0 Å². The second kappa shape index (κ2) is 41.7. The van der Waals surface area contributed by atoms with E-state index in [1.807, 2.05) is 0 Å². The number of rotatable bonds is 45. The summed E-state index contributed by atoms with van der Waals surface area (Å²) in [6.07, 6.45) is 35.3. The van der Waals surface area contributed by atoms with Gasteiger partial charge in [-0.3, -0.25) is 28.2 Å². The van der Waals surface area contributed by atoms with Gasteiger partial charge < -0.3 is 24.8 Å². The van der Waals surface area contributed by atoms with Crippen molar-refractivity contribution in [2.24, 2.45) is 0 Å². The number of phosphoric acid groups is 1. The van der Waals surface area contributed by atoms with Gasteiger partial charge in [0, 0.05) is 25.8 Å². The molecule has 3 N–H and O–H groups in total. The summed E-state index contributed by atoms with van der Waals surface area (Å²) in [5.41, 5.74) is 0. The number of carbonyl (C=O) groups is 4. The van der Waals surface area contributed by atoms with E-state index in [-0.39, 0.29) is 45.4 Å². The number of amides is 1. The van der Waals surface area contributed by atoms with Crippen LogP contribution in [0.4, 0.5) is 0 Å². The Bertz CT molecular complexity index is 1040. The standard InChI is InChI=1S/C45H86NO11P/c1-3-5-7-9-11-13-15-17-19-21-23-25-27-29-31-33-44(50)54-39-41(40-56-58(52,53)55-38-37-46-42(47)35-36-43(48)49)57-45(51)34-32-30-28-26-24-22-20-18-16-14-12-10-8-6-4-2/h41H,3-40H2,1-2H3,(H,46,47)(H,48,49)(H,52,53)/t41-/m1/s1. The summed E-state index contributed by atoms with van der Waals surface area (Å²) < 4.78 is 33.3. The van der Waals surface area contributed by atoms with E-state index in [9.17, 15) is 28.6 Å². The van der Waals surface area contributed by atoms with Crippen LogP contribution in [0.15, 0.2) is 0 Å². The van der Waals surface area contributed by atoms with Crippen molar-refractivity contribution in [2.75, 3.05) is 26.4 Å². The van der Waals surface area contributed by atoms with Crippen LogP contribution in [0.2, 0.25) is 0 Å². The first-order chi connectivity index (χ1) is 28.1. The van der Waals surface area contributed by atoms with Crippen LogP contribution in [0.25, 0.3) is 0 Å². The average molecular weight is 848 g/mol. The molecular formula is C45H86NO11P. The maximum Gasteiger partial charge on any atom is 0.472 e. The number of aliphatic carboxylic acids is 1. The molecule has 0 saturated carbocycles. The molecule has 0 aliphatic heterocycles. The van der Waals surface area contributed by atoms with Gasteiger partial charge in [-0.05, 0) is 12.8 Å². The van der Waals surface area contributed by atoms with Crippen molar-refractivity contribution in [2.45, 2.75) is 238 Å². The highest BCUT2D eigenvalue weighted by Gasteiger charge is 2.26. The minimum Gasteiger partial charge on any atom is -0.481 e. The fraction of sp³-hybridized carbons (Fsp3) is 0.911. The lowest BCUT2D eigenvalue weighted by atomic mass is 10.0. The zero-order valence-corrected chi connectivity index (χ0v) is 37.9. The minimum atomic E-state index is -4.61. The number of ether oxygens (including phenoxy) is 2. The molecule has 58 heavy (non-hydrogen) atoms. The molecule has 2 atom stereocenters. The lowest BCUT2D eigenvalue weighted by Gasteiger charge is -2.20. The van der Waals surface area contributed by atoms with Crippen molar-refractivity contribution in [3.63, 3.8) is 0 Å². The molecule has 1 amide bonds. The van der Waals surface area contributed by atoms with E-state index in [1.54, 1.807) is 0 Å². The Morgan fingerprint density at radius 3 is 1.28 bits per heavy atom. The molecule has 0 radical (unpaired) electrons. The summed E-state index contributed by atoms with van der Waals surface area (Å²) in [4.78, 5) is 57.6. The Labute approximate surface area is 353 Å². The number of unbranched alkanes of at least 4 members (excludes halogenated alkanes) is 28. The third-order valence-corrected chi connectivity index (χ3v) is 11.3. The van der Waals surface area contributed by atoms with Gasteiger partial charge in [-0.15, -0.1) is 0 Å². The van der Waals surface area contributed by atoms with Crippen LogP contribution in [0.3, 0.4) is 0 Å². The first-order valence-electron chi connectivity index (χ1n) is 23.5. The fourth-order valence-corrected chi connectivity index (χ4v) is 7.53. The highest BCUT2D eigenvalue weighted by Crippen LogP contribution is 2.43. The molecule has 0 saturated heterocycles. The monoisotopic (exact) mass is 848 g/mol. The van der Waals surface area contributed by atoms with Gasteiger partial charge in [-0.1, -0.05) is 194 Å². The maximum atomic E-state index is 12.7. The molecule has 0 bridgehead atoms. The zero-order valence-electron chi connectivity index (χ0n) is 37.0. The molecule has 0 aliphatic carbocycles. The third-order valence-electron chi connectivity index (χ3n) is 10.4. The molecule has 1 unspecified atom stereocenters. The van der Waals surface area contributed by atoms with Gasteiger partial charge in [0.1, 0.15) is 6.61 Å². The summed E-state index contributed by atoms with van der Waals surface area (Å²) in [6, 6.07) is 0. The molecule has 0 aromatic carbocycles. The highest BCUT2D eigenvalue weighted by atomic mass is 31.2. The number of hydrogen-bond acceptors (Lipinski definition) is 9. The molecule has 0 aromatic rings. The van der Waals surface area contributed by atoms with E-state index in [2.05, 4.69) is 19.2 Å². The van der Waals surface area contributed by atoms with Crippen molar-refractivity contribution in [3.05, 3.63) is 0 Å². The Morgan fingerprint density at radius 1 is 0.500 bits per heavy atom. The van der Waals surface area contributed by atoms with Crippen molar-refractivity contribution < 1.29 is 52.3 Å². The van der Waals surface area contributed by atoms with Crippen LogP contribution in [-0.2, 0) is 42.3 Å².